The molecule has 0 N–H and O–H groups in total. The number of benzene rings is 2. The Kier molecular flexibility index (Phi) is 5.71. The van der Waals surface area contributed by atoms with E-state index < -0.39 is 0 Å². The third-order valence-corrected chi connectivity index (χ3v) is 5.39. The number of carbonyl (C=O) groups is 1. The van der Waals surface area contributed by atoms with Crippen LogP contribution < -0.4 is 0 Å². The molecular formula is C25H25FN4O. The highest BCUT2D eigenvalue weighted by Gasteiger charge is 2.20. The van der Waals surface area contributed by atoms with Crippen molar-refractivity contribution in [1.82, 2.24) is 19.2 Å². The molecule has 0 saturated heterocycles. The van der Waals surface area contributed by atoms with Crippen LogP contribution in [0.25, 0.3) is 5.69 Å². The van der Waals surface area contributed by atoms with E-state index in [1.165, 1.54) is 17.7 Å². The van der Waals surface area contributed by atoms with Crippen molar-refractivity contribution in [3.8, 4) is 5.69 Å². The number of carbonyl (C=O) groups excluding carboxylic acids is 1. The van der Waals surface area contributed by atoms with Gasteiger partial charge in [0.05, 0.1) is 18.3 Å². The maximum atomic E-state index is 13.3. The van der Waals surface area contributed by atoms with Crippen LogP contribution in [0.1, 0.15) is 32.9 Å². The van der Waals surface area contributed by atoms with Crippen LogP contribution >= 0.6 is 0 Å². The highest BCUT2D eigenvalue weighted by Crippen LogP contribution is 2.22. The Labute approximate surface area is 181 Å². The van der Waals surface area contributed by atoms with Gasteiger partial charge in [-0.05, 0) is 49.7 Å². The van der Waals surface area contributed by atoms with Gasteiger partial charge in [-0.1, -0.05) is 30.3 Å². The number of aryl methyl sites for hydroxylation is 1. The Morgan fingerprint density at radius 3 is 2.45 bits per heavy atom. The number of nitrogens with zero attached hydrogens (tertiary/aromatic N) is 4. The summed E-state index contributed by atoms with van der Waals surface area (Å²) >= 11 is 0. The van der Waals surface area contributed by atoms with Gasteiger partial charge < -0.3 is 9.47 Å². The molecule has 4 rings (SSSR count). The van der Waals surface area contributed by atoms with Crippen LogP contribution in [0.4, 0.5) is 4.39 Å². The molecule has 158 valence electrons. The molecule has 2 heterocycles. The molecule has 31 heavy (non-hydrogen) atoms. The summed E-state index contributed by atoms with van der Waals surface area (Å²) < 4.78 is 17.1. The predicted molar refractivity (Wildman–Crippen MR) is 119 cm³/mol. The quantitative estimate of drug-likeness (QED) is 0.455. The maximum Gasteiger partial charge on any atom is 0.255 e. The second-order valence-corrected chi connectivity index (χ2v) is 7.79. The molecule has 0 aliphatic carbocycles. The minimum Gasteiger partial charge on any atom is -0.337 e. The molecular weight excluding hydrogens is 391 g/mol. The molecule has 0 unspecified atom stereocenters. The van der Waals surface area contributed by atoms with Crippen molar-refractivity contribution in [2.45, 2.75) is 26.9 Å². The van der Waals surface area contributed by atoms with Gasteiger partial charge in [-0.2, -0.15) is 5.10 Å². The van der Waals surface area contributed by atoms with Crippen molar-refractivity contribution in [2.75, 3.05) is 7.05 Å². The Bertz CT molecular complexity index is 1190. The molecule has 6 heteroatoms. The third-order valence-electron chi connectivity index (χ3n) is 5.39. The lowest BCUT2D eigenvalue weighted by Crippen LogP contribution is -2.26. The number of hydrogen-bond acceptors (Lipinski definition) is 2. The van der Waals surface area contributed by atoms with E-state index in [4.69, 9.17) is 0 Å². The van der Waals surface area contributed by atoms with Crippen molar-refractivity contribution in [1.29, 1.82) is 0 Å². The number of amides is 1. The maximum absolute atomic E-state index is 13.3. The summed E-state index contributed by atoms with van der Waals surface area (Å²) in [5.74, 6) is -0.340. The smallest absolute Gasteiger partial charge is 0.255 e. The monoisotopic (exact) mass is 416 g/mol. The summed E-state index contributed by atoms with van der Waals surface area (Å²) in [4.78, 5) is 14.8. The summed E-state index contributed by atoms with van der Waals surface area (Å²) in [5.41, 5.74) is 5.38. The zero-order chi connectivity index (χ0) is 22.0. The molecule has 2 aromatic carbocycles. The second-order valence-electron chi connectivity index (χ2n) is 7.79. The van der Waals surface area contributed by atoms with E-state index in [2.05, 4.69) is 17.2 Å². The first kappa shape index (κ1) is 20.6. The van der Waals surface area contributed by atoms with Gasteiger partial charge in [0, 0.05) is 42.4 Å². The normalized spacial score (nSPS) is 11.0. The standard InChI is InChI=1S/C25H25FN4O/c1-18-13-24(19(2)30(18)23-11-9-22(26)10-12-23)25(31)28(3)15-21-14-27-29(17-21)16-20-7-5-4-6-8-20/h4-14,17H,15-16H2,1-3H3. The van der Waals surface area contributed by atoms with Crippen LogP contribution in [0.15, 0.2) is 73.1 Å². The Morgan fingerprint density at radius 2 is 1.74 bits per heavy atom. The van der Waals surface area contributed by atoms with Crippen LogP contribution in [-0.4, -0.2) is 32.2 Å². The van der Waals surface area contributed by atoms with Crippen molar-refractivity contribution in [2.24, 2.45) is 0 Å². The molecule has 1 amide bonds. The number of halogens is 1. The van der Waals surface area contributed by atoms with Gasteiger partial charge in [0.2, 0.25) is 0 Å². The Hall–Kier alpha value is -3.67. The fourth-order valence-electron chi connectivity index (χ4n) is 3.86. The lowest BCUT2D eigenvalue weighted by molar-refractivity contribution is 0.0784. The summed E-state index contributed by atoms with van der Waals surface area (Å²) in [6.45, 7) is 5.02. The fourth-order valence-corrected chi connectivity index (χ4v) is 3.86. The second kappa shape index (κ2) is 8.60. The van der Waals surface area contributed by atoms with Crippen molar-refractivity contribution < 1.29 is 9.18 Å². The molecule has 4 aromatic rings. The lowest BCUT2D eigenvalue weighted by Gasteiger charge is -2.16. The average Bonchev–Trinajstić information content (AvgIpc) is 3.32. The van der Waals surface area contributed by atoms with E-state index in [9.17, 15) is 9.18 Å². The van der Waals surface area contributed by atoms with Crippen LogP contribution in [0.3, 0.4) is 0 Å². The van der Waals surface area contributed by atoms with E-state index >= 15 is 0 Å². The van der Waals surface area contributed by atoms with Gasteiger partial charge in [-0.3, -0.25) is 9.48 Å². The summed E-state index contributed by atoms with van der Waals surface area (Å²) in [6, 6.07) is 18.3. The molecule has 0 radical (unpaired) electrons. The first-order valence-electron chi connectivity index (χ1n) is 10.2. The minimum absolute atomic E-state index is 0.0581. The van der Waals surface area contributed by atoms with E-state index in [0.717, 1.165) is 22.6 Å². The molecule has 5 nitrogen and oxygen atoms in total. The predicted octanol–water partition coefficient (Wildman–Crippen LogP) is 4.75. The number of aromatic nitrogens is 3. The van der Waals surface area contributed by atoms with Crippen LogP contribution in [0.5, 0.6) is 0 Å². The Balaban J connectivity index is 1.49. The highest BCUT2D eigenvalue weighted by molar-refractivity contribution is 5.95. The third kappa shape index (κ3) is 4.43. The first-order chi connectivity index (χ1) is 14.9. The topological polar surface area (TPSA) is 43.1 Å². The van der Waals surface area contributed by atoms with Crippen LogP contribution in [0, 0.1) is 19.7 Å². The number of hydrogen-bond donors (Lipinski definition) is 0. The van der Waals surface area contributed by atoms with Crippen molar-refractivity contribution in [3.05, 3.63) is 107 Å². The molecule has 0 saturated carbocycles. The molecule has 0 spiro atoms. The zero-order valence-electron chi connectivity index (χ0n) is 17.9. The molecule has 0 bridgehead atoms. The number of rotatable bonds is 6. The molecule has 0 aliphatic heterocycles. The molecule has 0 fully saturated rings. The molecule has 2 aromatic heterocycles. The van der Waals surface area contributed by atoms with Gasteiger partial charge in [0.15, 0.2) is 0 Å². The van der Waals surface area contributed by atoms with Gasteiger partial charge in [0.25, 0.3) is 5.91 Å². The minimum atomic E-state index is -0.282. The van der Waals surface area contributed by atoms with Gasteiger partial charge >= 0.3 is 0 Å². The summed E-state index contributed by atoms with van der Waals surface area (Å²) in [6.07, 6.45) is 3.77. The summed E-state index contributed by atoms with van der Waals surface area (Å²) in [7, 11) is 1.79. The fraction of sp³-hybridized carbons (Fsp3) is 0.200. The molecule has 0 atom stereocenters. The van der Waals surface area contributed by atoms with Gasteiger partial charge in [-0.25, -0.2) is 4.39 Å². The van der Waals surface area contributed by atoms with Crippen LogP contribution in [0.2, 0.25) is 0 Å². The summed E-state index contributed by atoms with van der Waals surface area (Å²) in [5, 5.41) is 4.42. The van der Waals surface area contributed by atoms with Crippen LogP contribution in [-0.2, 0) is 13.1 Å². The van der Waals surface area contributed by atoms with Crippen molar-refractivity contribution in [3.63, 3.8) is 0 Å². The SMILES string of the molecule is Cc1cc(C(=O)N(C)Cc2cnn(Cc3ccccc3)c2)c(C)n1-c1ccc(F)cc1. The van der Waals surface area contributed by atoms with E-state index in [-0.39, 0.29) is 11.7 Å². The van der Waals surface area contributed by atoms with Crippen molar-refractivity contribution >= 4 is 5.91 Å². The highest BCUT2D eigenvalue weighted by atomic mass is 19.1. The largest absolute Gasteiger partial charge is 0.337 e. The van der Waals surface area contributed by atoms with E-state index in [1.54, 1.807) is 30.3 Å². The zero-order valence-corrected chi connectivity index (χ0v) is 17.9. The van der Waals surface area contributed by atoms with Gasteiger partial charge in [0.1, 0.15) is 5.82 Å². The van der Waals surface area contributed by atoms with E-state index in [1.807, 2.05) is 53.6 Å². The van der Waals surface area contributed by atoms with Gasteiger partial charge in [-0.15, -0.1) is 0 Å². The Morgan fingerprint density at radius 1 is 1.03 bits per heavy atom. The molecule has 0 aliphatic rings. The first-order valence-corrected chi connectivity index (χ1v) is 10.2. The lowest BCUT2D eigenvalue weighted by atomic mass is 10.2. The average molecular weight is 417 g/mol. The van der Waals surface area contributed by atoms with E-state index in [0.29, 0.717) is 18.7 Å².